The van der Waals surface area contributed by atoms with Crippen molar-refractivity contribution in [3.05, 3.63) is 23.9 Å². The average molecular weight is 331 g/mol. The summed E-state index contributed by atoms with van der Waals surface area (Å²) in [5.41, 5.74) is 1.30. The fourth-order valence-electron chi connectivity index (χ4n) is 4.44. The van der Waals surface area contributed by atoms with E-state index in [2.05, 4.69) is 28.1 Å². The van der Waals surface area contributed by atoms with Gasteiger partial charge in [-0.25, -0.2) is 4.98 Å². The normalized spacial score (nSPS) is 31.2. The molecule has 5 heteroatoms. The van der Waals surface area contributed by atoms with E-state index in [9.17, 15) is 0 Å². The molecule has 0 aromatic carbocycles. The third-order valence-electron chi connectivity index (χ3n) is 5.84. The second kappa shape index (κ2) is 7.38. The van der Waals surface area contributed by atoms with Crippen molar-refractivity contribution in [1.29, 1.82) is 0 Å². The second-order valence-corrected chi connectivity index (χ2v) is 7.34. The molecule has 3 atom stereocenters. The Labute approximate surface area is 144 Å². The summed E-state index contributed by atoms with van der Waals surface area (Å²) in [6, 6.07) is 4.93. The zero-order valence-corrected chi connectivity index (χ0v) is 14.7. The molecule has 0 bridgehead atoms. The molecular weight excluding hydrogens is 302 g/mol. The predicted molar refractivity (Wildman–Crippen MR) is 94.3 cm³/mol. The number of anilines is 1. The molecule has 0 radical (unpaired) electrons. The minimum Gasteiger partial charge on any atom is -0.381 e. The van der Waals surface area contributed by atoms with Gasteiger partial charge >= 0.3 is 0 Å². The van der Waals surface area contributed by atoms with Gasteiger partial charge in [-0.1, -0.05) is 6.07 Å². The minimum atomic E-state index is 0.377. The number of rotatable bonds is 4. The Hall–Kier alpha value is -1.17. The van der Waals surface area contributed by atoms with Crippen LogP contribution in [-0.2, 0) is 16.0 Å². The fourth-order valence-corrected chi connectivity index (χ4v) is 4.44. The maximum atomic E-state index is 6.01. The van der Waals surface area contributed by atoms with Crippen molar-refractivity contribution in [2.45, 2.75) is 56.9 Å². The molecule has 1 aliphatic carbocycles. The van der Waals surface area contributed by atoms with E-state index in [4.69, 9.17) is 14.5 Å². The number of pyridine rings is 1. The van der Waals surface area contributed by atoms with Crippen LogP contribution < -0.4 is 4.90 Å². The van der Waals surface area contributed by atoms with Crippen LogP contribution in [0.25, 0.3) is 0 Å². The van der Waals surface area contributed by atoms with Crippen LogP contribution in [0.2, 0.25) is 0 Å². The Morgan fingerprint density at radius 3 is 2.83 bits per heavy atom. The molecule has 1 aromatic heterocycles. The Morgan fingerprint density at radius 2 is 2.08 bits per heavy atom. The van der Waals surface area contributed by atoms with E-state index in [1.165, 1.54) is 18.4 Å². The van der Waals surface area contributed by atoms with Crippen molar-refractivity contribution in [3.63, 3.8) is 0 Å². The highest BCUT2D eigenvalue weighted by Crippen LogP contribution is 2.31. The topological polar surface area (TPSA) is 37.8 Å². The van der Waals surface area contributed by atoms with Crippen LogP contribution >= 0.6 is 0 Å². The SMILES string of the molecule is CO[C@@H]1CC[C@@H]2OCCN(Cc3ccc(N4CCCC4)nc3)[C@@H]2C1. The fraction of sp³-hybridized carbons (Fsp3) is 0.737. The monoisotopic (exact) mass is 331 g/mol. The molecule has 5 nitrogen and oxygen atoms in total. The summed E-state index contributed by atoms with van der Waals surface area (Å²) in [7, 11) is 1.83. The van der Waals surface area contributed by atoms with Gasteiger partial charge in [-0.05, 0) is 43.7 Å². The largest absolute Gasteiger partial charge is 0.381 e. The molecular formula is C19H29N3O2. The highest BCUT2D eigenvalue weighted by atomic mass is 16.5. The van der Waals surface area contributed by atoms with E-state index < -0.39 is 0 Å². The van der Waals surface area contributed by atoms with E-state index in [0.29, 0.717) is 18.2 Å². The number of nitrogens with zero attached hydrogens (tertiary/aromatic N) is 3. The molecule has 4 rings (SSSR count). The number of hydrogen-bond donors (Lipinski definition) is 0. The van der Waals surface area contributed by atoms with Gasteiger partial charge in [0.05, 0.1) is 18.8 Å². The molecule has 3 fully saturated rings. The lowest BCUT2D eigenvalue weighted by atomic mass is 9.87. The first-order valence-electron chi connectivity index (χ1n) is 9.42. The third kappa shape index (κ3) is 3.44. The molecule has 132 valence electrons. The van der Waals surface area contributed by atoms with Gasteiger partial charge in [0.2, 0.25) is 0 Å². The van der Waals surface area contributed by atoms with E-state index in [1.54, 1.807) is 0 Å². The number of methoxy groups -OCH3 is 1. The van der Waals surface area contributed by atoms with Crippen molar-refractivity contribution in [1.82, 2.24) is 9.88 Å². The smallest absolute Gasteiger partial charge is 0.128 e. The van der Waals surface area contributed by atoms with Crippen LogP contribution in [0.1, 0.15) is 37.7 Å². The zero-order chi connectivity index (χ0) is 16.4. The minimum absolute atomic E-state index is 0.377. The van der Waals surface area contributed by atoms with E-state index in [0.717, 1.165) is 57.9 Å². The lowest BCUT2D eigenvalue weighted by Crippen LogP contribution is -2.54. The Bertz CT molecular complexity index is 530. The Balaban J connectivity index is 1.41. The quantitative estimate of drug-likeness (QED) is 0.847. The van der Waals surface area contributed by atoms with Gasteiger partial charge in [0.1, 0.15) is 5.82 Å². The van der Waals surface area contributed by atoms with Crippen LogP contribution in [0.3, 0.4) is 0 Å². The highest BCUT2D eigenvalue weighted by molar-refractivity contribution is 5.40. The zero-order valence-electron chi connectivity index (χ0n) is 14.7. The molecule has 2 saturated heterocycles. The van der Waals surface area contributed by atoms with Crippen LogP contribution in [-0.4, -0.2) is 61.5 Å². The molecule has 0 amide bonds. The van der Waals surface area contributed by atoms with Crippen LogP contribution in [0.15, 0.2) is 18.3 Å². The van der Waals surface area contributed by atoms with Crippen molar-refractivity contribution < 1.29 is 9.47 Å². The molecule has 3 aliphatic rings. The summed E-state index contributed by atoms with van der Waals surface area (Å²) in [5.74, 6) is 1.13. The molecule has 24 heavy (non-hydrogen) atoms. The van der Waals surface area contributed by atoms with Crippen molar-refractivity contribution in [3.8, 4) is 0 Å². The van der Waals surface area contributed by atoms with Crippen molar-refractivity contribution in [2.24, 2.45) is 0 Å². The lowest BCUT2D eigenvalue weighted by molar-refractivity contribution is -0.116. The van der Waals surface area contributed by atoms with E-state index >= 15 is 0 Å². The van der Waals surface area contributed by atoms with Gasteiger partial charge in [0.25, 0.3) is 0 Å². The first-order valence-corrected chi connectivity index (χ1v) is 9.42. The van der Waals surface area contributed by atoms with Gasteiger partial charge < -0.3 is 14.4 Å². The molecule has 2 aliphatic heterocycles. The van der Waals surface area contributed by atoms with E-state index in [-0.39, 0.29) is 0 Å². The summed E-state index contributed by atoms with van der Waals surface area (Å²) in [6.45, 7) is 5.12. The van der Waals surface area contributed by atoms with Crippen LogP contribution in [0, 0.1) is 0 Å². The van der Waals surface area contributed by atoms with E-state index in [1.807, 2.05) is 7.11 Å². The number of hydrogen-bond acceptors (Lipinski definition) is 5. The number of morpholine rings is 1. The number of fused-ring (bicyclic) bond motifs is 1. The standard InChI is InChI=1S/C19H29N3O2/c1-23-16-5-6-18-17(12-16)22(10-11-24-18)14-15-4-7-19(20-13-15)21-8-2-3-9-21/h4,7,13,16-18H,2-3,5-6,8-12,14H2,1H3/t16-,17-,18+/m1/s1. The lowest BCUT2D eigenvalue weighted by Gasteiger charge is -2.45. The highest BCUT2D eigenvalue weighted by Gasteiger charge is 2.37. The predicted octanol–water partition coefficient (Wildman–Crippen LogP) is 2.45. The molecule has 0 spiro atoms. The van der Waals surface area contributed by atoms with Gasteiger partial charge in [-0.3, -0.25) is 4.90 Å². The average Bonchev–Trinajstić information content (AvgIpc) is 3.17. The first-order chi connectivity index (χ1) is 11.8. The maximum Gasteiger partial charge on any atom is 0.128 e. The van der Waals surface area contributed by atoms with Gasteiger partial charge in [-0.2, -0.15) is 0 Å². The van der Waals surface area contributed by atoms with Crippen molar-refractivity contribution in [2.75, 3.05) is 38.3 Å². The summed E-state index contributed by atoms with van der Waals surface area (Å²) >= 11 is 0. The molecule has 3 heterocycles. The Morgan fingerprint density at radius 1 is 1.21 bits per heavy atom. The van der Waals surface area contributed by atoms with Crippen LogP contribution in [0.5, 0.6) is 0 Å². The summed E-state index contributed by atoms with van der Waals surface area (Å²) in [6.07, 6.45) is 8.73. The van der Waals surface area contributed by atoms with Crippen LogP contribution in [0.4, 0.5) is 5.82 Å². The third-order valence-corrected chi connectivity index (χ3v) is 5.84. The van der Waals surface area contributed by atoms with Gasteiger partial charge in [0.15, 0.2) is 0 Å². The molecule has 1 saturated carbocycles. The molecule has 0 unspecified atom stereocenters. The second-order valence-electron chi connectivity index (χ2n) is 7.34. The van der Waals surface area contributed by atoms with Gasteiger partial charge in [0, 0.05) is 45.5 Å². The number of aromatic nitrogens is 1. The molecule has 1 aromatic rings. The summed E-state index contributed by atoms with van der Waals surface area (Å²) < 4.78 is 11.6. The first kappa shape index (κ1) is 16.3. The van der Waals surface area contributed by atoms with Crippen molar-refractivity contribution >= 4 is 5.82 Å². The summed E-state index contributed by atoms with van der Waals surface area (Å²) in [5, 5.41) is 0. The molecule has 0 N–H and O–H groups in total. The Kier molecular flexibility index (Phi) is 5.01. The van der Waals surface area contributed by atoms with Gasteiger partial charge in [-0.15, -0.1) is 0 Å². The number of ether oxygens (including phenoxy) is 2. The maximum absolute atomic E-state index is 6.01. The summed E-state index contributed by atoms with van der Waals surface area (Å²) in [4.78, 5) is 9.67.